The molecule has 2 saturated heterocycles. The Morgan fingerprint density at radius 3 is 2.83 bits per heavy atom. The van der Waals surface area contributed by atoms with Crippen LogP contribution in [0.15, 0.2) is 0 Å². The fourth-order valence-electron chi connectivity index (χ4n) is 3.14. The highest BCUT2D eigenvalue weighted by atomic mass is 16.2. The van der Waals surface area contributed by atoms with Crippen molar-refractivity contribution >= 4 is 5.91 Å². The van der Waals surface area contributed by atoms with Gasteiger partial charge in [-0.3, -0.25) is 4.79 Å². The third-order valence-electron chi connectivity index (χ3n) is 4.38. The van der Waals surface area contributed by atoms with Gasteiger partial charge in [-0.1, -0.05) is 0 Å². The smallest absolute Gasteiger partial charge is 0.222 e. The molecule has 2 heterocycles. The van der Waals surface area contributed by atoms with E-state index in [1.54, 1.807) is 0 Å². The van der Waals surface area contributed by atoms with Crippen LogP contribution in [0.4, 0.5) is 0 Å². The van der Waals surface area contributed by atoms with Gasteiger partial charge in [0.25, 0.3) is 0 Å². The average molecular weight is 253 g/mol. The SMILES string of the molecule is CN1CCC(CCC(=O)N(C)CC2CCNC2)C1. The predicted molar refractivity (Wildman–Crippen MR) is 73.5 cm³/mol. The molecule has 2 aliphatic heterocycles. The molecule has 2 atom stereocenters. The first-order valence-electron chi connectivity index (χ1n) is 7.28. The van der Waals surface area contributed by atoms with Crippen LogP contribution < -0.4 is 5.32 Å². The molecule has 104 valence electrons. The lowest BCUT2D eigenvalue weighted by Crippen LogP contribution is -2.32. The highest BCUT2D eigenvalue weighted by Gasteiger charge is 2.22. The Hall–Kier alpha value is -0.610. The standard InChI is InChI=1S/C14H27N3O/c1-16-8-6-12(10-16)3-4-14(18)17(2)11-13-5-7-15-9-13/h12-13,15H,3-11H2,1-2H3. The second-order valence-corrected chi connectivity index (χ2v) is 6.09. The number of carbonyl (C=O) groups is 1. The number of nitrogens with zero attached hydrogens (tertiary/aromatic N) is 2. The normalized spacial score (nSPS) is 28.8. The highest BCUT2D eigenvalue weighted by Crippen LogP contribution is 2.20. The van der Waals surface area contributed by atoms with Gasteiger partial charge in [-0.05, 0) is 57.8 Å². The molecule has 4 nitrogen and oxygen atoms in total. The first kappa shape index (κ1) is 13.8. The molecular weight excluding hydrogens is 226 g/mol. The highest BCUT2D eigenvalue weighted by molar-refractivity contribution is 5.75. The van der Waals surface area contributed by atoms with Crippen LogP contribution in [0.5, 0.6) is 0 Å². The van der Waals surface area contributed by atoms with Gasteiger partial charge >= 0.3 is 0 Å². The predicted octanol–water partition coefficient (Wildman–Crippen LogP) is 0.786. The van der Waals surface area contributed by atoms with Gasteiger partial charge in [0.1, 0.15) is 0 Å². The lowest BCUT2D eigenvalue weighted by atomic mass is 10.0. The van der Waals surface area contributed by atoms with Crippen LogP contribution >= 0.6 is 0 Å². The topological polar surface area (TPSA) is 35.6 Å². The Kier molecular flexibility index (Phi) is 5.01. The maximum Gasteiger partial charge on any atom is 0.222 e. The van der Waals surface area contributed by atoms with Gasteiger partial charge in [0.05, 0.1) is 0 Å². The summed E-state index contributed by atoms with van der Waals surface area (Å²) in [6.07, 6.45) is 4.27. The molecule has 0 bridgehead atoms. The zero-order valence-corrected chi connectivity index (χ0v) is 11.8. The van der Waals surface area contributed by atoms with Crippen LogP contribution in [-0.2, 0) is 4.79 Å². The molecule has 0 aromatic heterocycles. The summed E-state index contributed by atoms with van der Waals surface area (Å²) in [5, 5.41) is 3.35. The van der Waals surface area contributed by atoms with Gasteiger partial charge in [-0.25, -0.2) is 0 Å². The number of carbonyl (C=O) groups excluding carboxylic acids is 1. The largest absolute Gasteiger partial charge is 0.345 e. The van der Waals surface area contributed by atoms with E-state index in [4.69, 9.17) is 0 Å². The summed E-state index contributed by atoms with van der Waals surface area (Å²) in [5.41, 5.74) is 0. The summed E-state index contributed by atoms with van der Waals surface area (Å²) in [4.78, 5) is 16.4. The molecule has 0 aromatic rings. The molecule has 0 saturated carbocycles. The van der Waals surface area contributed by atoms with Crippen molar-refractivity contribution in [3.63, 3.8) is 0 Å². The molecule has 0 aliphatic carbocycles. The minimum atomic E-state index is 0.330. The van der Waals surface area contributed by atoms with E-state index >= 15 is 0 Å². The minimum Gasteiger partial charge on any atom is -0.345 e. The van der Waals surface area contributed by atoms with Crippen LogP contribution in [0.1, 0.15) is 25.7 Å². The molecule has 2 unspecified atom stereocenters. The van der Waals surface area contributed by atoms with Crippen molar-refractivity contribution in [3.8, 4) is 0 Å². The maximum absolute atomic E-state index is 12.1. The van der Waals surface area contributed by atoms with E-state index in [1.165, 1.54) is 25.9 Å². The summed E-state index contributed by atoms with van der Waals surface area (Å²) in [5.74, 6) is 1.73. The van der Waals surface area contributed by atoms with Gasteiger partial charge in [-0.2, -0.15) is 0 Å². The van der Waals surface area contributed by atoms with E-state index in [0.717, 1.165) is 38.4 Å². The number of amides is 1. The zero-order valence-electron chi connectivity index (χ0n) is 11.8. The fraction of sp³-hybridized carbons (Fsp3) is 0.929. The number of nitrogens with one attached hydrogen (secondary N) is 1. The van der Waals surface area contributed by atoms with E-state index in [1.807, 2.05) is 11.9 Å². The Bertz CT molecular complexity index is 276. The number of hydrogen-bond donors (Lipinski definition) is 1. The number of hydrogen-bond acceptors (Lipinski definition) is 3. The van der Waals surface area contributed by atoms with Crippen LogP contribution in [0.3, 0.4) is 0 Å². The molecule has 0 radical (unpaired) electrons. The summed E-state index contributed by atoms with van der Waals surface area (Å²) in [6.45, 7) is 5.48. The monoisotopic (exact) mass is 253 g/mol. The molecule has 1 amide bonds. The van der Waals surface area contributed by atoms with Gasteiger partial charge in [0.2, 0.25) is 5.91 Å². The van der Waals surface area contributed by atoms with Gasteiger partial charge in [0, 0.05) is 26.6 Å². The molecule has 2 aliphatic rings. The lowest BCUT2D eigenvalue weighted by molar-refractivity contribution is -0.130. The minimum absolute atomic E-state index is 0.330. The first-order chi connectivity index (χ1) is 8.65. The van der Waals surface area contributed by atoms with Gasteiger partial charge in [0.15, 0.2) is 0 Å². The lowest BCUT2D eigenvalue weighted by Gasteiger charge is -2.21. The zero-order chi connectivity index (χ0) is 13.0. The van der Waals surface area contributed by atoms with E-state index in [9.17, 15) is 4.79 Å². The van der Waals surface area contributed by atoms with E-state index < -0.39 is 0 Å². The van der Waals surface area contributed by atoms with Crippen molar-refractivity contribution in [2.45, 2.75) is 25.7 Å². The van der Waals surface area contributed by atoms with Crippen molar-refractivity contribution in [1.82, 2.24) is 15.1 Å². The average Bonchev–Trinajstić information content (AvgIpc) is 2.97. The molecule has 18 heavy (non-hydrogen) atoms. The summed E-state index contributed by atoms with van der Waals surface area (Å²) in [7, 11) is 4.13. The summed E-state index contributed by atoms with van der Waals surface area (Å²) in [6, 6.07) is 0. The third kappa shape index (κ3) is 3.95. The van der Waals surface area contributed by atoms with Crippen LogP contribution in [0.25, 0.3) is 0 Å². The Morgan fingerprint density at radius 2 is 2.22 bits per heavy atom. The van der Waals surface area contributed by atoms with E-state index in [-0.39, 0.29) is 0 Å². The van der Waals surface area contributed by atoms with Crippen molar-refractivity contribution in [2.75, 3.05) is 46.8 Å². The Morgan fingerprint density at radius 1 is 1.39 bits per heavy atom. The van der Waals surface area contributed by atoms with Crippen molar-refractivity contribution < 1.29 is 4.79 Å². The number of likely N-dealkylation sites (tertiary alicyclic amines) is 1. The summed E-state index contributed by atoms with van der Waals surface area (Å²) >= 11 is 0. The van der Waals surface area contributed by atoms with Crippen molar-refractivity contribution in [2.24, 2.45) is 11.8 Å². The fourth-order valence-corrected chi connectivity index (χ4v) is 3.14. The quantitative estimate of drug-likeness (QED) is 0.787. The van der Waals surface area contributed by atoms with E-state index in [0.29, 0.717) is 11.8 Å². The molecule has 0 spiro atoms. The Balaban J connectivity index is 1.64. The molecule has 4 heteroatoms. The van der Waals surface area contributed by atoms with Gasteiger partial charge < -0.3 is 15.1 Å². The molecule has 1 N–H and O–H groups in total. The number of rotatable bonds is 5. The molecule has 2 fully saturated rings. The van der Waals surface area contributed by atoms with Crippen molar-refractivity contribution in [3.05, 3.63) is 0 Å². The molecule has 2 rings (SSSR count). The maximum atomic E-state index is 12.1. The van der Waals surface area contributed by atoms with Crippen LogP contribution in [-0.4, -0.2) is 62.5 Å². The molecular formula is C14H27N3O. The Labute approximate surface area is 111 Å². The van der Waals surface area contributed by atoms with Crippen molar-refractivity contribution in [1.29, 1.82) is 0 Å². The van der Waals surface area contributed by atoms with Crippen LogP contribution in [0.2, 0.25) is 0 Å². The third-order valence-corrected chi connectivity index (χ3v) is 4.38. The molecule has 0 aromatic carbocycles. The second kappa shape index (κ2) is 6.53. The van der Waals surface area contributed by atoms with Crippen LogP contribution in [0, 0.1) is 11.8 Å². The first-order valence-corrected chi connectivity index (χ1v) is 7.28. The van der Waals surface area contributed by atoms with Gasteiger partial charge in [-0.15, -0.1) is 0 Å². The second-order valence-electron chi connectivity index (χ2n) is 6.09. The van der Waals surface area contributed by atoms with E-state index in [2.05, 4.69) is 17.3 Å². The summed E-state index contributed by atoms with van der Waals surface area (Å²) < 4.78 is 0.